The number of likely N-dealkylation sites (tertiary alicyclic amines) is 1. The predicted octanol–water partition coefficient (Wildman–Crippen LogP) is 0.388. The Bertz CT molecular complexity index is 446. The number of carboxylic acids is 1. The standard InChI is InChI=1S/C12H18N4O3/c1-9-10(11(17)18)3-7-16(9)12(19)13-5-8-15-6-2-4-14-15/h2,4,6,9-10H,3,5,7-8H2,1H3,(H,13,19)(H,17,18). The number of amides is 2. The summed E-state index contributed by atoms with van der Waals surface area (Å²) in [6.45, 7) is 3.34. The number of nitrogens with zero attached hydrogens (tertiary/aromatic N) is 3. The van der Waals surface area contributed by atoms with Crippen LogP contribution in [0, 0.1) is 5.92 Å². The summed E-state index contributed by atoms with van der Waals surface area (Å²) in [6.07, 6.45) is 4.02. The lowest BCUT2D eigenvalue weighted by molar-refractivity contribution is -0.142. The lowest BCUT2D eigenvalue weighted by Gasteiger charge is -2.23. The Morgan fingerprint density at radius 2 is 2.32 bits per heavy atom. The van der Waals surface area contributed by atoms with E-state index >= 15 is 0 Å². The molecule has 2 unspecified atom stereocenters. The number of hydrogen-bond acceptors (Lipinski definition) is 3. The molecule has 1 saturated heterocycles. The average Bonchev–Trinajstić information content (AvgIpc) is 2.98. The van der Waals surface area contributed by atoms with E-state index < -0.39 is 11.9 Å². The highest BCUT2D eigenvalue weighted by molar-refractivity contribution is 5.78. The topological polar surface area (TPSA) is 87.5 Å². The van der Waals surface area contributed by atoms with Crippen molar-refractivity contribution in [3.05, 3.63) is 18.5 Å². The van der Waals surface area contributed by atoms with Crippen molar-refractivity contribution in [2.24, 2.45) is 5.92 Å². The highest BCUT2D eigenvalue weighted by Crippen LogP contribution is 2.24. The largest absolute Gasteiger partial charge is 0.481 e. The minimum Gasteiger partial charge on any atom is -0.481 e. The molecule has 0 saturated carbocycles. The van der Waals surface area contributed by atoms with Crippen LogP contribution in [0.25, 0.3) is 0 Å². The molecule has 7 nitrogen and oxygen atoms in total. The number of urea groups is 1. The van der Waals surface area contributed by atoms with Gasteiger partial charge in [0.05, 0.1) is 12.5 Å². The second-order valence-electron chi connectivity index (χ2n) is 4.67. The van der Waals surface area contributed by atoms with Gasteiger partial charge in [-0.05, 0) is 19.4 Å². The molecule has 1 aromatic heterocycles. The molecule has 7 heteroatoms. The molecule has 1 aliphatic rings. The van der Waals surface area contributed by atoms with Crippen LogP contribution in [0.5, 0.6) is 0 Å². The lowest BCUT2D eigenvalue weighted by atomic mass is 10.0. The van der Waals surface area contributed by atoms with Crippen molar-refractivity contribution in [1.29, 1.82) is 0 Å². The number of aromatic nitrogens is 2. The van der Waals surface area contributed by atoms with Crippen molar-refractivity contribution in [3.63, 3.8) is 0 Å². The van der Waals surface area contributed by atoms with Gasteiger partial charge in [0.25, 0.3) is 0 Å². The Labute approximate surface area is 111 Å². The normalized spacial score (nSPS) is 22.5. The second-order valence-corrected chi connectivity index (χ2v) is 4.67. The summed E-state index contributed by atoms with van der Waals surface area (Å²) >= 11 is 0. The molecular weight excluding hydrogens is 248 g/mol. The van der Waals surface area contributed by atoms with Gasteiger partial charge in [0.15, 0.2) is 0 Å². The quantitative estimate of drug-likeness (QED) is 0.825. The molecule has 19 heavy (non-hydrogen) atoms. The lowest BCUT2D eigenvalue weighted by Crippen LogP contribution is -2.44. The van der Waals surface area contributed by atoms with Crippen molar-refractivity contribution in [3.8, 4) is 0 Å². The first kappa shape index (κ1) is 13.4. The van der Waals surface area contributed by atoms with Crippen LogP contribution in [0.15, 0.2) is 18.5 Å². The summed E-state index contributed by atoms with van der Waals surface area (Å²) < 4.78 is 1.73. The summed E-state index contributed by atoms with van der Waals surface area (Å²) in [6, 6.07) is 1.35. The van der Waals surface area contributed by atoms with Crippen LogP contribution in [0.1, 0.15) is 13.3 Å². The van der Waals surface area contributed by atoms with Crippen LogP contribution in [-0.4, -0.2) is 50.9 Å². The Morgan fingerprint density at radius 3 is 2.89 bits per heavy atom. The van der Waals surface area contributed by atoms with Gasteiger partial charge in [-0.25, -0.2) is 4.79 Å². The van der Waals surface area contributed by atoms with Gasteiger partial charge in [-0.2, -0.15) is 5.10 Å². The van der Waals surface area contributed by atoms with E-state index in [9.17, 15) is 9.59 Å². The van der Waals surface area contributed by atoms with E-state index in [0.717, 1.165) is 0 Å². The van der Waals surface area contributed by atoms with Gasteiger partial charge in [-0.3, -0.25) is 9.48 Å². The van der Waals surface area contributed by atoms with Crippen LogP contribution < -0.4 is 5.32 Å². The monoisotopic (exact) mass is 266 g/mol. The third-order valence-corrected chi connectivity index (χ3v) is 3.51. The van der Waals surface area contributed by atoms with Crippen molar-refractivity contribution < 1.29 is 14.7 Å². The van der Waals surface area contributed by atoms with Crippen LogP contribution in [-0.2, 0) is 11.3 Å². The third kappa shape index (κ3) is 3.04. The van der Waals surface area contributed by atoms with Gasteiger partial charge in [0.1, 0.15) is 0 Å². The first-order valence-corrected chi connectivity index (χ1v) is 6.34. The Hall–Kier alpha value is -2.05. The molecule has 104 valence electrons. The van der Waals surface area contributed by atoms with Gasteiger partial charge in [0.2, 0.25) is 0 Å². The fourth-order valence-corrected chi connectivity index (χ4v) is 2.37. The summed E-state index contributed by atoms with van der Waals surface area (Å²) in [7, 11) is 0. The molecule has 2 heterocycles. The molecule has 2 rings (SSSR count). The Kier molecular flexibility index (Phi) is 4.03. The second kappa shape index (κ2) is 5.73. The van der Waals surface area contributed by atoms with Gasteiger partial charge in [0, 0.05) is 31.5 Å². The summed E-state index contributed by atoms with van der Waals surface area (Å²) in [5.74, 6) is -1.30. The fourth-order valence-electron chi connectivity index (χ4n) is 2.37. The maximum Gasteiger partial charge on any atom is 0.317 e. The van der Waals surface area contributed by atoms with Crippen LogP contribution in [0.2, 0.25) is 0 Å². The van der Waals surface area contributed by atoms with Crippen molar-refractivity contribution in [2.75, 3.05) is 13.1 Å². The summed E-state index contributed by atoms with van der Waals surface area (Å²) in [5, 5.41) is 15.8. The zero-order valence-corrected chi connectivity index (χ0v) is 10.8. The van der Waals surface area contributed by atoms with Crippen LogP contribution in [0.4, 0.5) is 4.79 Å². The molecule has 2 atom stereocenters. The van der Waals surface area contributed by atoms with E-state index in [2.05, 4.69) is 10.4 Å². The number of carbonyl (C=O) groups is 2. The molecular formula is C12H18N4O3. The highest BCUT2D eigenvalue weighted by Gasteiger charge is 2.37. The van der Waals surface area contributed by atoms with Gasteiger partial charge >= 0.3 is 12.0 Å². The smallest absolute Gasteiger partial charge is 0.317 e. The molecule has 0 spiro atoms. The number of carboxylic acid groups (broad SMARTS) is 1. The highest BCUT2D eigenvalue weighted by atomic mass is 16.4. The van der Waals surface area contributed by atoms with Gasteiger partial charge in [-0.1, -0.05) is 0 Å². The van der Waals surface area contributed by atoms with Crippen LogP contribution in [0.3, 0.4) is 0 Å². The molecule has 0 bridgehead atoms. The third-order valence-electron chi connectivity index (χ3n) is 3.51. The molecule has 2 amide bonds. The minimum atomic E-state index is -0.834. The number of nitrogens with one attached hydrogen (secondary N) is 1. The molecule has 1 fully saturated rings. The number of carbonyl (C=O) groups excluding carboxylic acids is 1. The minimum absolute atomic E-state index is 0.205. The number of aliphatic carboxylic acids is 1. The molecule has 0 radical (unpaired) electrons. The number of hydrogen-bond donors (Lipinski definition) is 2. The van der Waals surface area contributed by atoms with Crippen LogP contribution >= 0.6 is 0 Å². The van der Waals surface area contributed by atoms with Crippen molar-refractivity contribution in [2.45, 2.75) is 25.9 Å². The predicted molar refractivity (Wildman–Crippen MR) is 67.5 cm³/mol. The zero-order valence-electron chi connectivity index (χ0n) is 10.8. The first-order chi connectivity index (χ1) is 9.09. The van der Waals surface area contributed by atoms with E-state index in [1.54, 1.807) is 22.7 Å². The number of rotatable bonds is 4. The van der Waals surface area contributed by atoms with E-state index in [0.29, 0.717) is 26.1 Å². The summed E-state index contributed by atoms with van der Waals surface area (Å²) in [5.41, 5.74) is 0. The Balaban J connectivity index is 1.79. The molecule has 2 N–H and O–H groups in total. The summed E-state index contributed by atoms with van der Waals surface area (Å²) in [4.78, 5) is 24.5. The van der Waals surface area contributed by atoms with Gasteiger partial charge < -0.3 is 15.3 Å². The fraction of sp³-hybridized carbons (Fsp3) is 0.583. The van der Waals surface area contributed by atoms with E-state index in [4.69, 9.17) is 5.11 Å². The molecule has 1 aromatic rings. The molecule has 0 aromatic carbocycles. The SMILES string of the molecule is CC1C(C(=O)O)CCN1C(=O)NCCn1cccn1. The van der Waals surface area contributed by atoms with E-state index in [-0.39, 0.29) is 12.1 Å². The molecule has 0 aliphatic carbocycles. The van der Waals surface area contributed by atoms with Crippen molar-refractivity contribution in [1.82, 2.24) is 20.0 Å². The average molecular weight is 266 g/mol. The van der Waals surface area contributed by atoms with Gasteiger partial charge in [-0.15, -0.1) is 0 Å². The van der Waals surface area contributed by atoms with E-state index in [1.165, 1.54) is 0 Å². The molecule has 1 aliphatic heterocycles. The maximum absolute atomic E-state index is 11.9. The zero-order chi connectivity index (χ0) is 13.8. The van der Waals surface area contributed by atoms with Crippen molar-refractivity contribution >= 4 is 12.0 Å². The first-order valence-electron chi connectivity index (χ1n) is 6.34. The maximum atomic E-state index is 11.9. The Morgan fingerprint density at radius 1 is 1.53 bits per heavy atom. The van der Waals surface area contributed by atoms with E-state index in [1.807, 2.05) is 12.3 Å².